The summed E-state index contributed by atoms with van der Waals surface area (Å²) < 4.78 is 12.0. The first-order chi connectivity index (χ1) is 8.79. The van der Waals surface area contributed by atoms with Gasteiger partial charge in [-0.2, -0.15) is 0 Å². The molecule has 0 bridgehead atoms. The highest BCUT2D eigenvalue weighted by Gasteiger charge is 2.40. The molecule has 0 N–H and O–H groups in total. The van der Waals surface area contributed by atoms with E-state index in [0.717, 1.165) is 13.0 Å². The fraction of sp³-hybridized carbons (Fsp3) is 0.625. The lowest BCUT2D eigenvalue weighted by molar-refractivity contribution is 0.160. The number of ether oxygens (including phenoxy) is 1. The molecule has 1 saturated heterocycles. The summed E-state index contributed by atoms with van der Waals surface area (Å²) in [5.74, 6) is 0. The maximum atomic E-state index is 6.60. The number of benzene rings is 1. The number of hydrogen-bond acceptors (Lipinski definition) is 2. The van der Waals surface area contributed by atoms with Crippen LogP contribution in [0.3, 0.4) is 0 Å². The van der Waals surface area contributed by atoms with Crippen LogP contribution in [0.4, 0.5) is 0 Å². The lowest BCUT2D eigenvalue weighted by Gasteiger charge is -2.39. The van der Waals surface area contributed by atoms with Gasteiger partial charge in [0.1, 0.15) is 0 Å². The molecule has 0 saturated carbocycles. The minimum absolute atomic E-state index is 0.176. The van der Waals surface area contributed by atoms with Crippen molar-refractivity contribution < 1.29 is 9.16 Å². The van der Waals surface area contributed by atoms with Crippen LogP contribution in [-0.2, 0) is 9.16 Å². The molecule has 0 aliphatic carbocycles. The van der Waals surface area contributed by atoms with Gasteiger partial charge in [-0.1, -0.05) is 51.1 Å². The van der Waals surface area contributed by atoms with E-state index in [4.69, 9.17) is 9.16 Å². The highest BCUT2D eigenvalue weighted by molar-refractivity contribution is 6.74. The van der Waals surface area contributed by atoms with Gasteiger partial charge in [-0.15, -0.1) is 0 Å². The SMILES string of the molecule is CC(C)(C)[Si](C)(C)O[C@@H](C[C@H]1CO1)c1ccccc1. The Kier molecular flexibility index (Phi) is 4.19. The zero-order chi connectivity index (χ0) is 14.1. The van der Waals surface area contributed by atoms with Crippen LogP contribution >= 0.6 is 0 Å². The minimum atomic E-state index is -1.75. The average molecular weight is 278 g/mol. The first kappa shape index (κ1) is 14.8. The second-order valence-electron chi connectivity index (χ2n) is 6.97. The van der Waals surface area contributed by atoms with E-state index < -0.39 is 8.32 Å². The van der Waals surface area contributed by atoms with E-state index in [2.05, 4.69) is 64.2 Å². The van der Waals surface area contributed by atoms with Crippen LogP contribution in [0, 0.1) is 0 Å². The molecule has 1 aliphatic heterocycles. The van der Waals surface area contributed by atoms with E-state index in [-0.39, 0.29) is 11.1 Å². The molecule has 1 heterocycles. The van der Waals surface area contributed by atoms with E-state index in [9.17, 15) is 0 Å². The van der Waals surface area contributed by atoms with Crippen LogP contribution in [0.2, 0.25) is 18.1 Å². The fourth-order valence-corrected chi connectivity index (χ4v) is 3.19. The normalized spacial score (nSPS) is 21.2. The summed E-state index contributed by atoms with van der Waals surface area (Å²) >= 11 is 0. The Hall–Kier alpha value is -0.643. The zero-order valence-corrected chi connectivity index (χ0v) is 13.8. The second-order valence-corrected chi connectivity index (χ2v) is 11.7. The second kappa shape index (κ2) is 5.39. The van der Waals surface area contributed by atoms with Crippen LogP contribution in [0.25, 0.3) is 0 Å². The van der Waals surface area contributed by atoms with Gasteiger partial charge in [0.15, 0.2) is 8.32 Å². The Morgan fingerprint density at radius 3 is 2.32 bits per heavy atom. The fourth-order valence-electron chi connectivity index (χ4n) is 1.90. The predicted octanol–water partition coefficient (Wildman–Crippen LogP) is 4.54. The third-order valence-corrected chi connectivity index (χ3v) is 8.78. The van der Waals surface area contributed by atoms with Gasteiger partial charge in [0.25, 0.3) is 0 Å². The monoisotopic (exact) mass is 278 g/mol. The van der Waals surface area contributed by atoms with Gasteiger partial charge in [-0.05, 0) is 23.7 Å². The highest BCUT2D eigenvalue weighted by Crippen LogP contribution is 2.41. The largest absolute Gasteiger partial charge is 0.410 e. The molecule has 2 nitrogen and oxygen atoms in total. The molecular formula is C16H26O2Si. The molecule has 0 unspecified atom stereocenters. The summed E-state index contributed by atoms with van der Waals surface area (Å²) in [4.78, 5) is 0. The Bertz CT molecular complexity index is 405. The van der Waals surface area contributed by atoms with Gasteiger partial charge in [0, 0.05) is 6.42 Å². The van der Waals surface area contributed by atoms with Gasteiger partial charge in [-0.25, -0.2) is 0 Å². The molecule has 1 aromatic carbocycles. The first-order valence-corrected chi connectivity index (χ1v) is 10.0. The van der Waals surface area contributed by atoms with Gasteiger partial charge in [-0.3, -0.25) is 0 Å². The summed E-state index contributed by atoms with van der Waals surface area (Å²) in [6.45, 7) is 12.4. The molecule has 2 rings (SSSR count). The van der Waals surface area contributed by atoms with Crippen molar-refractivity contribution in [3.05, 3.63) is 35.9 Å². The van der Waals surface area contributed by atoms with E-state index in [1.807, 2.05) is 0 Å². The minimum Gasteiger partial charge on any atom is -0.410 e. The van der Waals surface area contributed by atoms with Gasteiger partial charge in [0.05, 0.1) is 18.8 Å². The molecule has 0 spiro atoms. The number of rotatable bonds is 5. The number of epoxide rings is 1. The zero-order valence-electron chi connectivity index (χ0n) is 12.8. The molecule has 19 heavy (non-hydrogen) atoms. The van der Waals surface area contributed by atoms with Crippen molar-refractivity contribution in [1.29, 1.82) is 0 Å². The molecule has 3 heteroatoms. The van der Waals surface area contributed by atoms with Gasteiger partial charge < -0.3 is 9.16 Å². The van der Waals surface area contributed by atoms with E-state index >= 15 is 0 Å². The molecular weight excluding hydrogens is 252 g/mol. The maximum Gasteiger partial charge on any atom is 0.192 e. The van der Waals surface area contributed by atoms with Crippen molar-refractivity contribution in [2.45, 2.75) is 57.5 Å². The van der Waals surface area contributed by atoms with E-state index in [1.54, 1.807) is 0 Å². The van der Waals surface area contributed by atoms with Crippen LogP contribution in [-0.4, -0.2) is 21.0 Å². The molecule has 0 radical (unpaired) electrons. The third kappa shape index (κ3) is 3.91. The van der Waals surface area contributed by atoms with Gasteiger partial charge in [0.2, 0.25) is 0 Å². The summed E-state index contributed by atoms with van der Waals surface area (Å²) in [5.41, 5.74) is 1.28. The van der Waals surface area contributed by atoms with Crippen molar-refractivity contribution in [2.75, 3.05) is 6.61 Å². The van der Waals surface area contributed by atoms with Crippen molar-refractivity contribution in [3.63, 3.8) is 0 Å². The smallest absolute Gasteiger partial charge is 0.192 e. The quantitative estimate of drug-likeness (QED) is 0.582. The summed E-state index contributed by atoms with van der Waals surface area (Å²) in [6, 6.07) is 10.6. The average Bonchev–Trinajstić information content (AvgIpc) is 3.11. The molecule has 1 aromatic rings. The van der Waals surface area contributed by atoms with Crippen LogP contribution in [0.15, 0.2) is 30.3 Å². The molecule has 2 atom stereocenters. The summed E-state index contributed by atoms with van der Waals surface area (Å²) in [6.07, 6.45) is 1.56. The third-order valence-electron chi connectivity index (χ3n) is 4.29. The molecule has 1 aliphatic rings. The Balaban J connectivity index is 2.14. The molecule has 106 valence electrons. The van der Waals surface area contributed by atoms with Crippen LogP contribution in [0.1, 0.15) is 38.9 Å². The van der Waals surface area contributed by atoms with Crippen molar-refractivity contribution in [3.8, 4) is 0 Å². The lowest BCUT2D eigenvalue weighted by atomic mass is 10.1. The van der Waals surface area contributed by atoms with Crippen LogP contribution in [0.5, 0.6) is 0 Å². The Morgan fingerprint density at radius 2 is 1.84 bits per heavy atom. The highest BCUT2D eigenvalue weighted by atomic mass is 28.4. The Labute approximate surface area is 118 Å². The summed E-state index contributed by atoms with van der Waals surface area (Å²) in [5, 5.41) is 0.241. The predicted molar refractivity (Wildman–Crippen MR) is 81.8 cm³/mol. The first-order valence-electron chi connectivity index (χ1n) is 7.14. The van der Waals surface area contributed by atoms with Crippen molar-refractivity contribution in [2.24, 2.45) is 0 Å². The summed E-state index contributed by atoms with van der Waals surface area (Å²) in [7, 11) is -1.75. The van der Waals surface area contributed by atoms with E-state index in [0.29, 0.717) is 6.10 Å². The topological polar surface area (TPSA) is 21.8 Å². The molecule has 0 aromatic heterocycles. The van der Waals surface area contributed by atoms with E-state index in [1.165, 1.54) is 5.56 Å². The maximum absolute atomic E-state index is 6.60. The van der Waals surface area contributed by atoms with Crippen LogP contribution < -0.4 is 0 Å². The molecule has 1 fully saturated rings. The van der Waals surface area contributed by atoms with Crippen molar-refractivity contribution >= 4 is 8.32 Å². The lowest BCUT2D eigenvalue weighted by Crippen LogP contribution is -2.42. The Morgan fingerprint density at radius 1 is 1.26 bits per heavy atom. The number of hydrogen-bond donors (Lipinski definition) is 0. The van der Waals surface area contributed by atoms with Gasteiger partial charge >= 0.3 is 0 Å². The molecule has 0 amide bonds. The standard InChI is InChI=1S/C16H26O2Si/c1-16(2,3)19(4,5)18-15(11-14-12-17-14)13-9-7-6-8-10-13/h6-10,14-15H,11-12H2,1-5H3/t14-,15-/m0/s1. The van der Waals surface area contributed by atoms with Crippen molar-refractivity contribution in [1.82, 2.24) is 0 Å².